The second-order valence-electron chi connectivity index (χ2n) is 8.04. The van der Waals surface area contributed by atoms with Gasteiger partial charge < -0.3 is 10.0 Å². The largest absolute Gasteiger partial charge is 0.416 e. The smallest absolute Gasteiger partial charge is 0.396 e. The summed E-state index contributed by atoms with van der Waals surface area (Å²) in [5.74, 6) is 0.487. The first kappa shape index (κ1) is 22.2. The Morgan fingerprint density at radius 3 is 2.57 bits per heavy atom. The van der Waals surface area contributed by atoms with Crippen LogP contribution in [0.4, 0.5) is 13.2 Å². The molecular formula is C22H26F3N3O2. The zero-order chi connectivity index (χ0) is 21.9. The van der Waals surface area contributed by atoms with Crippen LogP contribution in [0, 0.1) is 5.92 Å². The molecule has 162 valence electrons. The van der Waals surface area contributed by atoms with Crippen molar-refractivity contribution in [2.24, 2.45) is 5.92 Å². The molecule has 2 aromatic rings. The highest BCUT2D eigenvalue weighted by Gasteiger charge is 2.30. The van der Waals surface area contributed by atoms with Crippen LogP contribution in [0.25, 0.3) is 0 Å². The molecule has 5 nitrogen and oxygen atoms in total. The van der Waals surface area contributed by atoms with Crippen LogP contribution >= 0.6 is 0 Å². The van der Waals surface area contributed by atoms with Crippen molar-refractivity contribution >= 4 is 5.91 Å². The van der Waals surface area contributed by atoms with Gasteiger partial charge in [0, 0.05) is 32.2 Å². The van der Waals surface area contributed by atoms with E-state index in [1.54, 1.807) is 11.1 Å². The number of amides is 1. The van der Waals surface area contributed by atoms with Gasteiger partial charge in [-0.3, -0.25) is 4.79 Å². The number of halogens is 3. The molecule has 0 fully saturated rings. The quantitative estimate of drug-likeness (QED) is 0.772. The van der Waals surface area contributed by atoms with Crippen molar-refractivity contribution in [2.45, 2.75) is 51.7 Å². The average molecular weight is 421 g/mol. The third-order valence-corrected chi connectivity index (χ3v) is 5.48. The number of carbonyl (C=O) groups excluding carboxylic acids is 1. The monoisotopic (exact) mass is 421 g/mol. The minimum Gasteiger partial charge on any atom is -0.396 e. The molecule has 0 bridgehead atoms. The fourth-order valence-corrected chi connectivity index (χ4v) is 3.54. The van der Waals surface area contributed by atoms with Crippen LogP contribution in [-0.4, -0.2) is 39.0 Å². The lowest BCUT2D eigenvalue weighted by molar-refractivity contribution is -0.137. The van der Waals surface area contributed by atoms with E-state index >= 15 is 0 Å². The number of nitrogens with zero attached hydrogens (tertiary/aromatic N) is 3. The Labute approximate surface area is 174 Å². The molecule has 0 radical (unpaired) electrons. The first-order chi connectivity index (χ1) is 14.2. The maximum absolute atomic E-state index is 12.8. The summed E-state index contributed by atoms with van der Waals surface area (Å²) in [4.78, 5) is 23.5. The van der Waals surface area contributed by atoms with Gasteiger partial charge in [-0.25, -0.2) is 9.97 Å². The van der Waals surface area contributed by atoms with Gasteiger partial charge in [0.2, 0.25) is 5.91 Å². The average Bonchev–Trinajstić information content (AvgIpc) is 2.72. The number of benzene rings is 1. The van der Waals surface area contributed by atoms with Gasteiger partial charge in [0.1, 0.15) is 5.82 Å². The lowest BCUT2D eigenvalue weighted by Crippen LogP contribution is -2.37. The molecule has 0 saturated carbocycles. The van der Waals surface area contributed by atoms with Crippen molar-refractivity contribution in [3.05, 3.63) is 58.7 Å². The molecule has 1 amide bonds. The maximum Gasteiger partial charge on any atom is 0.416 e. The van der Waals surface area contributed by atoms with Gasteiger partial charge in [0.05, 0.1) is 17.8 Å². The molecule has 1 aliphatic rings. The van der Waals surface area contributed by atoms with Crippen molar-refractivity contribution < 1.29 is 23.1 Å². The zero-order valence-corrected chi connectivity index (χ0v) is 17.1. The van der Waals surface area contributed by atoms with Crippen LogP contribution in [-0.2, 0) is 30.4 Å². The number of carbonyl (C=O) groups is 1. The normalized spacial score (nSPS) is 16.1. The topological polar surface area (TPSA) is 66.3 Å². The summed E-state index contributed by atoms with van der Waals surface area (Å²) in [5.41, 5.74) is 1.86. The molecule has 8 heteroatoms. The predicted octanol–water partition coefficient (Wildman–Crippen LogP) is 3.74. The molecule has 1 aliphatic heterocycles. The molecule has 1 unspecified atom stereocenters. The molecule has 2 atom stereocenters. The van der Waals surface area contributed by atoms with Crippen molar-refractivity contribution in [3.63, 3.8) is 0 Å². The SMILES string of the molecule is CC(CC(=O)N1CCc2cnc(C[C@@H](C)CO)nc2C1)c1ccc(C(F)(F)F)cc1. The number of aromatic nitrogens is 2. The van der Waals surface area contributed by atoms with Crippen molar-refractivity contribution in [3.8, 4) is 0 Å². The Bertz CT molecular complexity index is 884. The van der Waals surface area contributed by atoms with E-state index in [4.69, 9.17) is 0 Å². The second kappa shape index (κ2) is 9.12. The fraction of sp³-hybridized carbons (Fsp3) is 0.500. The molecule has 3 rings (SSSR count). The molecule has 0 spiro atoms. The third-order valence-electron chi connectivity index (χ3n) is 5.48. The van der Waals surface area contributed by atoms with Gasteiger partial charge in [-0.2, -0.15) is 13.2 Å². The lowest BCUT2D eigenvalue weighted by atomic mass is 9.95. The molecular weight excluding hydrogens is 395 g/mol. The van der Waals surface area contributed by atoms with Gasteiger partial charge in [-0.05, 0) is 41.5 Å². The summed E-state index contributed by atoms with van der Waals surface area (Å²) < 4.78 is 38.2. The predicted molar refractivity (Wildman–Crippen MR) is 106 cm³/mol. The van der Waals surface area contributed by atoms with Gasteiger partial charge in [-0.1, -0.05) is 26.0 Å². The highest BCUT2D eigenvalue weighted by atomic mass is 19.4. The Balaban J connectivity index is 1.63. The van der Waals surface area contributed by atoms with Crippen LogP contribution in [0.3, 0.4) is 0 Å². The summed E-state index contributed by atoms with van der Waals surface area (Å²) in [6.45, 7) is 4.79. The number of hydrogen-bond acceptors (Lipinski definition) is 4. The molecule has 0 aliphatic carbocycles. The van der Waals surface area contributed by atoms with E-state index in [0.717, 1.165) is 23.4 Å². The van der Waals surface area contributed by atoms with Gasteiger partial charge in [0.15, 0.2) is 0 Å². The molecule has 0 saturated heterocycles. The maximum atomic E-state index is 12.8. The summed E-state index contributed by atoms with van der Waals surface area (Å²) in [7, 11) is 0. The first-order valence-corrected chi connectivity index (χ1v) is 10.1. The summed E-state index contributed by atoms with van der Waals surface area (Å²) in [5, 5.41) is 9.22. The zero-order valence-electron chi connectivity index (χ0n) is 17.1. The van der Waals surface area contributed by atoms with Crippen LogP contribution in [0.5, 0.6) is 0 Å². The first-order valence-electron chi connectivity index (χ1n) is 10.1. The van der Waals surface area contributed by atoms with E-state index < -0.39 is 11.7 Å². The molecule has 1 N–H and O–H groups in total. The Hall–Kier alpha value is -2.48. The van der Waals surface area contributed by atoms with Crippen molar-refractivity contribution in [2.75, 3.05) is 13.2 Å². The molecule has 1 aromatic carbocycles. The Morgan fingerprint density at radius 2 is 1.93 bits per heavy atom. The number of hydrogen-bond donors (Lipinski definition) is 1. The van der Waals surface area contributed by atoms with Crippen LogP contribution in [0.15, 0.2) is 30.5 Å². The highest BCUT2D eigenvalue weighted by Crippen LogP contribution is 2.31. The van der Waals surface area contributed by atoms with E-state index in [0.29, 0.717) is 37.3 Å². The van der Waals surface area contributed by atoms with E-state index in [2.05, 4.69) is 9.97 Å². The summed E-state index contributed by atoms with van der Waals surface area (Å²) in [6.07, 6.45) is -1.10. The van der Waals surface area contributed by atoms with Crippen LogP contribution < -0.4 is 0 Å². The van der Waals surface area contributed by atoms with Gasteiger partial charge in [-0.15, -0.1) is 0 Å². The minimum atomic E-state index is -4.37. The van der Waals surface area contributed by atoms with E-state index in [-0.39, 0.29) is 30.8 Å². The minimum absolute atomic E-state index is 0.0445. The number of aliphatic hydroxyl groups excluding tert-OH is 1. The molecule has 2 heterocycles. The standard InChI is InChI=1S/C22H26F3N3O2/c1-14(13-29)9-20-26-11-17-7-8-28(12-19(17)27-20)21(30)10-15(2)16-3-5-18(6-4-16)22(23,24)25/h3-6,11,14-15,29H,7-10,12-13H2,1-2H3/t14-,15?/m1/s1. The van der Waals surface area contributed by atoms with E-state index in [1.165, 1.54) is 12.1 Å². The number of alkyl halides is 3. The number of fused-ring (bicyclic) bond motifs is 1. The highest BCUT2D eigenvalue weighted by molar-refractivity contribution is 5.77. The molecule has 1 aromatic heterocycles. The van der Waals surface area contributed by atoms with Gasteiger partial charge >= 0.3 is 6.18 Å². The Morgan fingerprint density at radius 1 is 1.23 bits per heavy atom. The van der Waals surface area contributed by atoms with Crippen molar-refractivity contribution in [1.82, 2.24) is 14.9 Å². The van der Waals surface area contributed by atoms with Crippen LogP contribution in [0.2, 0.25) is 0 Å². The van der Waals surface area contributed by atoms with Gasteiger partial charge in [0.25, 0.3) is 0 Å². The third kappa shape index (κ3) is 5.36. The Kier molecular flexibility index (Phi) is 6.75. The van der Waals surface area contributed by atoms with Crippen LogP contribution in [0.1, 0.15) is 54.4 Å². The van der Waals surface area contributed by atoms with E-state index in [1.807, 2.05) is 13.8 Å². The fourth-order valence-electron chi connectivity index (χ4n) is 3.54. The molecule has 30 heavy (non-hydrogen) atoms. The number of rotatable bonds is 6. The van der Waals surface area contributed by atoms with Crippen molar-refractivity contribution in [1.29, 1.82) is 0 Å². The van der Waals surface area contributed by atoms with E-state index in [9.17, 15) is 23.1 Å². The second-order valence-corrected chi connectivity index (χ2v) is 8.04. The lowest BCUT2D eigenvalue weighted by Gasteiger charge is -2.29. The summed E-state index contributed by atoms with van der Waals surface area (Å²) >= 11 is 0. The summed E-state index contributed by atoms with van der Waals surface area (Å²) in [6, 6.07) is 4.99. The number of aliphatic hydroxyl groups is 1.